The predicted molar refractivity (Wildman–Crippen MR) is 129 cm³/mol. The number of nitrogens with zero attached hydrogens (tertiary/aromatic N) is 1. The SMILES string of the molecule is Cc1cc(Cl)ccc1NC(=O)COC(=O)c1cccc(S(=O)(=O)N2CCc3ccccc3C2)c1. The van der Waals surface area contributed by atoms with Gasteiger partial charge in [0.1, 0.15) is 0 Å². The van der Waals surface area contributed by atoms with Gasteiger partial charge in [-0.3, -0.25) is 4.79 Å². The summed E-state index contributed by atoms with van der Waals surface area (Å²) in [6, 6.07) is 18.4. The van der Waals surface area contributed by atoms with Crippen molar-refractivity contribution in [1.82, 2.24) is 4.31 Å². The standard InChI is InChI=1S/C25H23ClN2O5S/c1-17-13-21(26)9-10-23(17)27-24(29)16-33-25(30)19-7-4-8-22(14-19)34(31,32)28-12-11-18-5-2-3-6-20(18)15-28/h2-10,13-14H,11-12,15-16H2,1H3,(H,27,29). The highest BCUT2D eigenvalue weighted by Gasteiger charge is 2.28. The Morgan fingerprint density at radius 2 is 1.79 bits per heavy atom. The number of anilines is 1. The summed E-state index contributed by atoms with van der Waals surface area (Å²) in [4.78, 5) is 24.7. The van der Waals surface area contributed by atoms with Crippen molar-refractivity contribution < 1.29 is 22.7 Å². The second kappa shape index (κ2) is 9.97. The van der Waals surface area contributed by atoms with Gasteiger partial charge >= 0.3 is 5.97 Å². The zero-order chi connectivity index (χ0) is 24.3. The van der Waals surface area contributed by atoms with Gasteiger partial charge in [0.2, 0.25) is 10.0 Å². The average Bonchev–Trinajstić information content (AvgIpc) is 2.84. The number of amides is 1. The van der Waals surface area contributed by atoms with E-state index < -0.39 is 28.5 Å². The molecule has 7 nitrogen and oxygen atoms in total. The lowest BCUT2D eigenvalue weighted by molar-refractivity contribution is -0.119. The molecular weight excluding hydrogens is 476 g/mol. The van der Waals surface area contributed by atoms with Gasteiger partial charge in [0.05, 0.1) is 10.5 Å². The monoisotopic (exact) mass is 498 g/mol. The molecule has 3 aromatic carbocycles. The first-order valence-electron chi connectivity index (χ1n) is 10.6. The van der Waals surface area contributed by atoms with Crippen molar-refractivity contribution in [1.29, 1.82) is 0 Å². The van der Waals surface area contributed by atoms with Crippen LogP contribution in [0, 0.1) is 6.92 Å². The zero-order valence-electron chi connectivity index (χ0n) is 18.5. The van der Waals surface area contributed by atoms with Crippen molar-refractivity contribution >= 4 is 39.2 Å². The van der Waals surface area contributed by atoms with Gasteiger partial charge < -0.3 is 10.1 Å². The summed E-state index contributed by atoms with van der Waals surface area (Å²) < 4.78 is 32.9. The molecule has 0 aromatic heterocycles. The summed E-state index contributed by atoms with van der Waals surface area (Å²) in [5, 5.41) is 3.20. The van der Waals surface area contributed by atoms with Crippen LogP contribution in [-0.2, 0) is 32.5 Å². The van der Waals surface area contributed by atoms with Gasteiger partial charge in [-0.15, -0.1) is 0 Å². The maximum Gasteiger partial charge on any atom is 0.338 e. The van der Waals surface area contributed by atoms with Crippen LogP contribution < -0.4 is 5.32 Å². The summed E-state index contributed by atoms with van der Waals surface area (Å²) in [7, 11) is -3.81. The smallest absolute Gasteiger partial charge is 0.338 e. The van der Waals surface area contributed by atoms with E-state index in [4.69, 9.17) is 16.3 Å². The fraction of sp³-hybridized carbons (Fsp3) is 0.200. The van der Waals surface area contributed by atoms with Gasteiger partial charge in [0, 0.05) is 23.8 Å². The number of hydrogen-bond donors (Lipinski definition) is 1. The molecule has 34 heavy (non-hydrogen) atoms. The Morgan fingerprint density at radius 3 is 2.56 bits per heavy atom. The Morgan fingerprint density at radius 1 is 1.03 bits per heavy atom. The van der Waals surface area contributed by atoms with Crippen LogP contribution in [0.1, 0.15) is 27.0 Å². The number of benzene rings is 3. The van der Waals surface area contributed by atoms with E-state index in [1.165, 1.54) is 28.6 Å². The second-order valence-corrected chi connectivity index (χ2v) is 10.3. The van der Waals surface area contributed by atoms with E-state index in [0.29, 0.717) is 23.7 Å². The molecule has 0 saturated heterocycles. The Bertz CT molecular complexity index is 1360. The first-order valence-corrected chi connectivity index (χ1v) is 12.5. The van der Waals surface area contributed by atoms with Crippen molar-refractivity contribution in [3.05, 3.63) is 94.0 Å². The Hall–Kier alpha value is -3.20. The van der Waals surface area contributed by atoms with Crippen LogP contribution in [0.5, 0.6) is 0 Å². The number of halogens is 1. The lowest BCUT2D eigenvalue weighted by Crippen LogP contribution is -2.36. The molecule has 0 bridgehead atoms. The molecule has 0 atom stereocenters. The van der Waals surface area contributed by atoms with E-state index in [1.807, 2.05) is 24.3 Å². The fourth-order valence-corrected chi connectivity index (χ4v) is 5.47. The number of carbonyl (C=O) groups is 2. The number of carbonyl (C=O) groups excluding carboxylic acids is 2. The van der Waals surface area contributed by atoms with E-state index in [0.717, 1.165) is 16.7 Å². The molecular formula is C25H23ClN2O5S. The molecule has 0 fully saturated rings. The van der Waals surface area contributed by atoms with Gasteiger partial charge in [-0.2, -0.15) is 4.31 Å². The number of rotatable bonds is 6. The van der Waals surface area contributed by atoms with E-state index in [2.05, 4.69) is 5.32 Å². The van der Waals surface area contributed by atoms with Gasteiger partial charge in [-0.25, -0.2) is 13.2 Å². The second-order valence-electron chi connectivity index (χ2n) is 7.97. The molecule has 1 aliphatic heterocycles. The van der Waals surface area contributed by atoms with Crippen LogP contribution in [-0.4, -0.2) is 37.8 Å². The maximum absolute atomic E-state index is 13.2. The summed E-state index contributed by atoms with van der Waals surface area (Å²) in [6.07, 6.45) is 0.624. The average molecular weight is 499 g/mol. The molecule has 1 amide bonds. The summed E-state index contributed by atoms with van der Waals surface area (Å²) in [5.41, 5.74) is 3.48. The minimum atomic E-state index is -3.81. The number of sulfonamides is 1. The normalized spacial score (nSPS) is 13.7. The number of fused-ring (bicyclic) bond motifs is 1. The van der Waals surface area contributed by atoms with Crippen molar-refractivity contribution in [3.63, 3.8) is 0 Å². The lowest BCUT2D eigenvalue weighted by atomic mass is 10.0. The van der Waals surface area contributed by atoms with Crippen LogP contribution in [0.2, 0.25) is 5.02 Å². The molecule has 9 heteroatoms. The molecule has 0 aliphatic carbocycles. The molecule has 0 saturated carbocycles. The first kappa shape index (κ1) is 23.9. The number of ether oxygens (including phenoxy) is 1. The van der Waals surface area contributed by atoms with Crippen LogP contribution in [0.25, 0.3) is 0 Å². The quantitative estimate of drug-likeness (QED) is 0.514. The minimum Gasteiger partial charge on any atom is -0.452 e. The summed E-state index contributed by atoms with van der Waals surface area (Å²) in [6.45, 7) is 1.91. The molecule has 1 heterocycles. The molecule has 0 radical (unpaired) electrons. The first-order chi connectivity index (χ1) is 16.2. The molecule has 1 N–H and O–H groups in total. The minimum absolute atomic E-state index is 0.00238. The Labute approximate surface area is 203 Å². The maximum atomic E-state index is 13.2. The number of esters is 1. The van der Waals surface area contributed by atoms with Crippen LogP contribution >= 0.6 is 11.6 Å². The van der Waals surface area contributed by atoms with Gasteiger partial charge in [0.25, 0.3) is 5.91 Å². The third kappa shape index (κ3) is 5.30. The fourth-order valence-electron chi connectivity index (χ4n) is 3.78. The molecule has 3 aromatic rings. The highest BCUT2D eigenvalue weighted by atomic mass is 35.5. The van der Waals surface area contributed by atoms with Crippen molar-refractivity contribution in [2.24, 2.45) is 0 Å². The van der Waals surface area contributed by atoms with E-state index in [-0.39, 0.29) is 17.0 Å². The predicted octanol–water partition coefficient (Wildman–Crippen LogP) is 4.19. The molecule has 4 rings (SSSR count). The van der Waals surface area contributed by atoms with Crippen molar-refractivity contribution in [3.8, 4) is 0 Å². The van der Waals surface area contributed by atoms with Crippen molar-refractivity contribution in [2.75, 3.05) is 18.5 Å². The van der Waals surface area contributed by atoms with Gasteiger partial charge in [-0.1, -0.05) is 41.9 Å². The summed E-state index contributed by atoms with van der Waals surface area (Å²) >= 11 is 5.91. The van der Waals surface area contributed by atoms with Crippen molar-refractivity contribution in [2.45, 2.75) is 24.8 Å². The van der Waals surface area contributed by atoms with E-state index in [9.17, 15) is 18.0 Å². The number of hydrogen-bond acceptors (Lipinski definition) is 5. The largest absolute Gasteiger partial charge is 0.452 e. The van der Waals surface area contributed by atoms with Gasteiger partial charge in [-0.05, 0) is 66.4 Å². The highest BCUT2D eigenvalue weighted by Crippen LogP contribution is 2.25. The molecule has 1 aliphatic rings. The number of aryl methyl sites for hydroxylation is 1. The Balaban J connectivity index is 1.41. The zero-order valence-corrected chi connectivity index (χ0v) is 20.0. The summed E-state index contributed by atoms with van der Waals surface area (Å²) in [5.74, 6) is -1.31. The highest BCUT2D eigenvalue weighted by molar-refractivity contribution is 7.89. The lowest BCUT2D eigenvalue weighted by Gasteiger charge is -2.28. The number of nitrogens with one attached hydrogen (secondary N) is 1. The van der Waals surface area contributed by atoms with Crippen LogP contribution in [0.4, 0.5) is 5.69 Å². The molecule has 0 spiro atoms. The topological polar surface area (TPSA) is 92.8 Å². The van der Waals surface area contributed by atoms with Crippen LogP contribution in [0.3, 0.4) is 0 Å². The molecule has 176 valence electrons. The van der Waals surface area contributed by atoms with Crippen LogP contribution in [0.15, 0.2) is 71.6 Å². The van der Waals surface area contributed by atoms with E-state index >= 15 is 0 Å². The third-order valence-electron chi connectivity index (χ3n) is 5.60. The Kier molecular flexibility index (Phi) is 7.02. The molecule has 0 unspecified atom stereocenters. The third-order valence-corrected chi connectivity index (χ3v) is 7.68. The van der Waals surface area contributed by atoms with Gasteiger partial charge in [0.15, 0.2) is 6.61 Å². The van der Waals surface area contributed by atoms with E-state index in [1.54, 1.807) is 25.1 Å².